The minimum atomic E-state index is -0.436. The number of thiazole rings is 1. The molecule has 3 rings (SSSR count). The Morgan fingerprint density at radius 1 is 1.40 bits per heavy atom. The SMILES string of the molecule is O=C(Cl)c1cn2c(nc3ccccc32)s1. The first-order valence-corrected chi connectivity index (χ1v) is 5.51. The van der Waals surface area contributed by atoms with Crippen LogP contribution in [0.4, 0.5) is 0 Å². The van der Waals surface area contributed by atoms with Crippen molar-refractivity contribution in [1.29, 1.82) is 0 Å². The van der Waals surface area contributed by atoms with E-state index in [1.807, 2.05) is 28.7 Å². The summed E-state index contributed by atoms with van der Waals surface area (Å²) in [4.78, 5) is 16.7. The maximum atomic E-state index is 11.0. The molecule has 0 unspecified atom stereocenters. The van der Waals surface area contributed by atoms with Crippen molar-refractivity contribution in [1.82, 2.24) is 9.38 Å². The molecule has 0 aliphatic carbocycles. The van der Waals surface area contributed by atoms with Gasteiger partial charge in [-0.25, -0.2) is 4.98 Å². The van der Waals surface area contributed by atoms with Crippen LogP contribution >= 0.6 is 22.9 Å². The Kier molecular flexibility index (Phi) is 1.81. The van der Waals surface area contributed by atoms with Gasteiger partial charge in [-0.2, -0.15) is 0 Å². The van der Waals surface area contributed by atoms with E-state index in [2.05, 4.69) is 4.98 Å². The molecule has 0 bridgehead atoms. The summed E-state index contributed by atoms with van der Waals surface area (Å²) in [5.41, 5.74) is 1.92. The molecule has 0 saturated carbocycles. The molecular weight excluding hydrogens is 232 g/mol. The molecule has 2 aromatic heterocycles. The van der Waals surface area contributed by atoms with Crippen LogP contribution in [0.5, 0.6) is 0 Å². The molecule has 0 atom stereocenters. The van der Waals surface area contributed by atoms with E-state index in [1.165, 1.54) is 11.3 Å². The zero-order valence-corrected chi connectivity index (χ0v) is 9.05. The highest BCUT2D eigenvalue weighted by Gasteiger charge is 2.11. The van der Waals surface area contributed by atoms with Crippen molar-refractivity contribution in [2.24, 2.45) is 0 Å². The van der Waals surface area contributed by atoms with E-state index in [-0.39, 0.29) is 0 Å². The van der Waals surface area contributed by atoms with Crippen LogP contribution in [0, 0.1) is 0 Å². The molecule has 3 nitrogen and oxygen atoms in total. The van der Waals surface area contributed by atoms with Gasteiger partial charge in [-0.05, 0) is 23.7 Å². The van der Waals surface area contributed by atoms with E-state index < -0.39 is 5.24 Å². The van der Waals surface area contributed by atoms with Crippen LogP contribution in [0.1, 0.15) is 9.67 Å². The first-order valence-electron chi connectivity index (χ1n) is 4.32. The van der Waals surface area contributed by atoms with Gasteiger partial charge >= 0.3 is 0 Å². The van der Waals surface area contributed by atoms with Crippen molar-refractivity contribution in [3.63, 3.8) is 0 Å². The zero-order valence-electron chi connectivity index (χ0n) is 7.48. The van der Waals surface area contributed by atoms with Crippen molar-refractivity contribution in [2.45, 2.75) is 0 Å². The summed E-state index contributed by atoms with van der Waals surface area (Å²) < 4.78 is 1.88. The summed E-state index contributed by atoms with van der Waals surface area (Å²) in [5.74, 6) is 0. The Morgan fingerprint density at radius 3 is 3.00 bits per heavy atom. The molecule has 0 aliphatic rings. The standard InChI is InChI=1S/C10H5ClN2OS/c11-9(14)8-5-13-7-4-2-1-3-6(7)12-10(13)15-8/h1-5H. The van der Waals surface area contributed by atoms with Gasteiger partial charge in [0.05, 0.1) is 11.0 Å². The second-order valence-electron chi connectivity index (χ2n) is 3.12. The number of imidazole rings is 1. The van der Waals surface area contributed by atoms with Crippen molar-refractivity contribution in [2.75, 3.05) is 0 Å². The number of hydrogen-bond acceptors (Lipinski definition) is 3. The number of halogens is 1. The number of nitrogens with zero attached hydrogens (tertiary/aromatic N) is 2. The first kappa shape index (κ1) is 8.88. The van der Waals surface area contributed by atoms with Crippen LogP contribution in [0.25, 0.3) is 16.0 Å². The molecule has 0 fully saturated rings. The monoisotopic (exact) mass is 236 g/mol. The first-order chi connectivity index (χ1) is 7.25. The topological polar surface area (TPSA) is 34.4 Å². The predicted octanol–water partition coefficient (Wildman–Crippen LogP) is 2.93. The molecule has 0 spiro atoms. The number of carbonyl (C=O) groups excluding carboxylic acids is 1. The van der Waals surface area contributed by atoms with Crippen molar-refractivity contribution < 1.29 is 4.79 Å². The maximum absolute atomic E-state index is 11.0. The van der Waals surface area contributed by atoms with Gasteiger partial charge in [0.2, 0.25) is 0 Å². The number of fused-ring (bicyclic) bond motifs is 3. The molecule has 0 N–H and O–H groups in total. The van der Waals surface area contributed by atoms with Crippen LogP contribution < -0.4 is 0 Å². The molecule has 3 aromatic rings. The normalized spacial score (nSPS) is 11.3. The number of para-hydroxylation sites is 2. The van der Waals surface area contributed by atoms with E-state index in [9.17, 15) is 4.79 Å². The molecule has 74 valence electrons. The van der Waals surface area contributed by atoms with E-state index in [4.69, 9.17) is 11.6 Å². The Bertz CT molecular complexity index is 670. The van der Waals surface area contributed by atoms with Gasteiger partial charge in [-0.3, -0.25) is 9.20 Å². The minimum absolute atomic E-state index is 0.436. The third-order valence-electron chi connectivity index (χ3n) is 2.20. The van der Waals surface area contributed by atoms with E-state index in [0.29, 0.717) is 4.88 Å². The lowest BCUT2D eigenvalue weighted by molar-refractivity contribution is 0.108. The third-order valence-corrected chi connectivity index (χ3v) is 3.50. The lowest BCUT2D eigenvalue weighted by Gasteiger charge is -1.87. The quantitative estimate of drug-likeness (QED) is 0.609. The molecule has 0 aliphatic heterocycles. The fraction of sp³-hybridized carbons (Fsp3) is 0. The fourth-order valence-corrected chi connectivity index (χ4v) is 2.54. The predicted molar refractivity (Wildman–Crippen MR) is 60.8 cm³/mol. The lowest BCUT2D eigenvalue weighted by Crippen LogP contribution is -1.82. The molecule has 1 aromatic carbocycles. The van der Waals surface area contributed by atoms with Gasteiger partial charge in [0, 0.05) is 6.20 Å². The molecular formula is C10H5ClN2OS. The van der Waals surface area contributed by atoms with Crippen molar-refractivity contribution in [3.05, 3.63) is 35.3 Å². The fourth-order valence-electron chi connectivity index (χ4n) is 1.55. The Morgan fingerprint density at radius 2 is 2.20 bits per heavy atom. The number of rotatable bonds is 1. The van der Waals surface area contributed by atoms with Gasteiger partial charge in [-0.1, -0.05) is 23.5 Å². The summed E-state index contributed by atoms with van der Waals surface area (Å²) in [6, 6.07) is 7.78. The van der Waals surface area contributed by atoms with Crippen LogP contribution in [-0.2, 0) is 0 Å². The molecule has 0 saturated heterocycles. The Labute approximate surface area is 93.9 Å². The summed E-state index contributed by atoms with van der Waals surface area (Å²) in [7, 11) is 0. The summed E-state index contributed by atoms with van der Waals surface area (Å²) in [6.07, 6.45) is 1.73. The van der Waals surface area contributed by atoms with E-state index in [0.717, 1.165) is 16.0 Å². The number of benzene rings is 1. The van der Waals surface area contributed by atoms with Gasteiger partial charge < -0.3 is 0 Å². The Hall–Kier alpha value is -1.39. The van der Waals surface area contributed by atoms with Crippen LogP contribution in [0.15, 0.2) is 30.5 Å². The highest BCUT2D eigenvalue weighted by atomic mass is 35.5. The largest absolute Gasteiger partial charge is 0.289 e. The van der Waals surface area contributed by atoms with Gasteiger partial charge in [0.1, 0.15) is 4.88 Å². The smallest absolute Gasteiger partial charge is 0.264 e. The van der Waals surface area contributed by atoms with E-state index in [1.54, 1.807) is 6.20 Å². The molecule has 0 amide bonds. The van der Waals surface area contributed by atoms with Gasteiger partial charge in [0.25, 0.3) is 5.24 Å². The summed E-state index contributed by atoms with van der Waals surface area (Å²) in [6.45, 7) is 0. The summed E-state index contributed by atoms with van der Waals surface area (Å²) >= 11 is 6.71. The maximum Gasteiger partial charge on any atom is 0.264 e. The number of carbonyl (C=O) groups is 1. The number of aromatic nitrogens is 2. The van der Waals surface area contributed by atoms with Crippen LogP contribution in [0.3, 0.4) is 0 Å². The molecule has 2 heterocycles. The lowest BCUT2D eigenvalue weighted by atomic mass is 10.3. The van der Waals surface area contributed by atoms with E-state index >= 15 is 0 Å². The Balaban J connectivity index is 2.42. The van der Waals surface area contributed by atoms with Crippen LogP contribution in [-0.4, -0.2) is 14.6 Å². The summed E-state index contributed by atoms with van der Waals surface area (Å²) in [5, 5.41) is -0.436. The average Bonchev–Trinajstić information content (AvgIpc) is 2.73. The minimum Gasteiger partial charge on any atom is -0.289 e. The zero-order chi connectivity index (χ0) is 10.4. The number of hydrogen-bond donors (Lipinski definition) is 0. The van der Waals surface area contributed by atoms with Crippen molar-refractivity contribution >= 4 is 44.2 Å². The molecule has 15 heavy (non-hydrogen) atoms. The van der Waals surface area contributed by atoms with Gasteiger partial charge in [0.15, 0.2) is 4.96 Å². The second-order valence-corrected chi connectivity index (χ2v) is 4.47. The van der Waals surface area contributed by atoms with Crippen molar-refractivity contribution in [3.8, 4) is 0 Å². The third kappa shape index (κ3) is 1.26. The average molecular weight is 237 g/mol. The molecule has 5 heteroatoms. The van der Waals surface area contributed by atoms with Crippen LogP contribution in [0.2, 0.25) is 0 Å². The van der Waals surface area contributed by atoms with Gasteiger partial charge in [-0.15, -0.1) is 0 Å². The highest BCUT2D eigenvalue weighted by Crippen LogP contribution is 2.24. The second kappa shape index (κ2) is 3.05. The molecule has 0 radical (unpaired) electrons. The highest BCUT2D eigenvalue weighted by molar-refractivity contribution is 7.20.